The third-order valence-corrected chi connectivity index (χ3v) is 3.33. The van der Waals surface area contributed by atoms with Crippen LogP contribution < -0.4 is 5.32 Å². The molecule has 0 spiro atoms. The predicted molar refractivity (Wildman–Crippen MR) is 90.8 cm³/mol. The predicted octanol–water partition coefficient (Wildman–Crippen LogP) is 3.08. The largest absolute Gasteiger partial charge is 0.356 e. The Morgan fingerprint density at radius 2 is 1.96 bits per heavy atom. The van der Waals surface area contributed by atoms with Crippen molar-refractivity contribution in [2.75, 3.05) is 13.1 Å². The number of likely N-dealkylation sites (N-methyl/N-ethyl adjacent to an activating group) is 1. The Labute approximate surface area is 137 Å². The maximum absolute atomic E-state index is 12.0. The van der Waals surface area contributed by atoms with Crippen molar-refractivity contribution in [2.45, 2.75) is 39.8 Å². The number of aromatic nitrogens is 1. The molecule has 5 heteroatoms. The Kier molecular flexibility index (Phi) is 5.55. The Morgan fingerprint density at radius 3 is 2.57 bits per heavy atom. The van der Waals surface area contributed by atoms with E-state index in [1.807, 2.05) is 69.0 Å². The lowest BCUT2D eigenvalue weighted by Gasteiger charge is -2.24. The molecule has 0 saturated carbocycles. The van der Waals surface area contributed by atoms with Crippen molar-refractivity contribution >= 4 is 5.91 Å². The number of nitrogens with zero attached hydrogens (tertiary/aromatic N) is 2. The lowest BCUT2D eigenvalue weighted by Crippen LogP contribution is -2.45. The van der Waals surface area contributed by atoms with E-state index in [4.69, 9.17) is 4.52 Å². The molecule has 5 nitrogen and oxygen atoms in total. The molecule has 2 aromatic rings. The molecule has 1 N–H and O–H groups in total. The van der Waals surface area contributed by atoms with E-state index in [1.54, 1.807) is 0 Å². The Hall–Kier alpha value is -2.14. The molecule has 0 fully saturated rings. The molecule has 2 rings (SSSR count). The molecule has 1 amide bonds. The molecule has 0 unspecified atom stereocenters. The number of benzene rings is 1. The number of nitrogens with one attached hydrogen (secondary N) is 1. The van der Waals surface area contributed by atoms with Crippen molar-refractivity contribution in [1.29, 1.82) is 0 Å². The molecule has 1 aromatic heterocycles. The molecule has 1 heterocycles. The Balaban J connectivity index is 1.97. The van der Waals surface area contributed by atoms with Crippen molar-refractivity contribution in [3.05, 3.63) is 42.1 Å². The summed E-state index contributed by atoms with van der Waals surface area (Å²) in [5.41, 5.74) is 1.61. The average molecular weight is 315 g/mol. The van der Waals surface area contributed by atoms with E-state index in [9.17, 15) is 4.79 Å². The van der Waals surface area contributed by atoms with Gasteiger partial charge in [0.25, 0.3) is 0 Å². The van der Waals surface area contributed by atoms with E-state index in [-0.39, 0.29) is 11.4 Å². The van der Waals surface area contributed by atoms with Crippen LogP contribution in [-0.4, -0.2) is 34.6 Å². The van der Waals surface area contributed by atoms with Crippen LogP contribution in [0.4, 0.5) is 0 Å². The molecule has 0 bridgehead atoms. The quantitative estimate of drug-likeness (QED) is 0.890. The summed E-state index contributed by atoms with van der Waals surface area (Å²) < 4.78 is 5.40. The highest BCUT2D eigenvalue weighted by Crippen LogP contribution is 2.20. The van der Waals surface area contributed by atoms with Crippen LogP contribution >= 0.6 is 0 Å². The van der Waals surface area contributed by atoms with E-state index in [0.717, 1.165) is 23.6 Å². The van der Waals surface area contributed by atoms with Crippen molar-refractivity contribution in [1.82, 2.24) is 15.4 Å². The highest BCUT2D eigenvalue weighted by Gasteiger charge is 2.17. The fraction of sp³-hybridized carbons (Fsp3) is 0.444. The topological polar surface area (TPSA) is 58.4 Å². The lowest BCUT2D eigenvalue weighted by molar-refractivity contribution is -0.123. The van der Waals surface area contributed by atoms with Crippen LogP contribution in [0, 0.1) is 0 Å². The molecular weight excluding hydrogens is 290 g/mol. The zero-order valence-corrected chi connectivity index (χ0v) is 14.3. The van der Waals surface area contributed by atoms with E-state index < -0.39 is 0 Å². The van der Waals surface area contributed by atoms with Crippen LogP contribution in [0.5, 0.6) is 0 Å². The van der Waals surface area contributed by atoms with Gasteiger partial charge < -0.3 is 9.84 Å². The molecule has 0 saturated heterocycles. The van der Waals surface area contributed by atoms with Gasteiger partial charge in [-0.15, -0.1) is 0 Å². The van der Waals surface area contributed by atoms with Gasteiger partial charge in [0, 0.05) is 23.7 Å². The van der Waals surface area contributed by atoms with Crippen LogP contribution in [0.25, 0.3) is 11.3 Å². The number of amides is 1. The summed E-state index contributed by atoms with van der Waals surface area (Å²) in [5.74, 6) is 0.766. The van der Waals surface area contributed by atoms with E-state index >= 15 is 0 Å². The second-order valence-electron chi connectivity index (χ2n) is 6.65. The third kappa shape index (κ3) is 5.53. The molecule has 0 aliphatic carbocycles. The second kappa shape index (κ2) is 7.42. The summed E-state index contributed by atoms with van der Waals surface area (Å²) in [6, 6.07) is 11.8. The number of carbonyl (C=O) groups excluding carboxylic acids is 1. The zero-order chi connectivity index (χ0) is 16.9. The first-order valence-electron chi connectivity index (χ1n) is 7.92. The first-order chi connectivity index (χ1) is 10.9. The summed E-state index contributed by atoms with van der Waals surface area (Å²) in [5, 5.41) is 7.09. The number of hydrogen-bond donors (Lipinski definition) is 1. The zero-order valence-electron chi connectivity index (χ0n) is 14.3. The van der Waals surface area contributed by atoms with Gasteiger partial charge in [-0.25, -0.2) is 0 Å². The molecule has 1 aromatic carbocycles. The lowest BCUT2D eigenvalue weighted by atomic mass is 10.1. The fourth-order valence-electron chi connectivity index (χ4n) is 2.29. The highest BCUT2D eigenvalue weighted by atomic mass is 16.5. The first kappa shape index (κ1) is 17.2. The molecule has 0 aliphatic rings. The second-order valence-corrected chi connectivity index (χ2v) is 6.65. The van der Waals surface area contributed by atoms with Crippen LogP contribution in [0.2, 0.25) is 0 Å². The van der Waals surface area contributed by atoms with Gasteiger partial charge >= 0.3 is 0 Å². The van der Waals surface area contributed by atoms with Gasteiger partial charge in [-0.2, -0.15) is 0 Å². The molecule has 0 radical (unpaired) electrons. The van der Waals surface area contributed by atoms with Crippen molar-refractivity contribution in [3.8, 4) is 11.3 Å². The van der Waals surface area contributed by atoms with Gasteiger partial charge in [-0.3, -0.25) is 9.69 Å². The third-order valence-electron chi connectivity index (χ3n) is 3.33. The molecular formula is C18H25N3O2. The van der Waals surface area contributed by atoms with Gasteiger partial charge in [0.2, 0.25) is 5.91 Å². The minimum absolute atomic E-state index is 0.0196. The van der Waals surface area contributed by atoms with Crippen molar-refractivity contribution < 1.29 is 9.32 Å². The number of carbonyl (C=O) groups is 1. The summed E-state index contributed by atoms with van der Waals surface area (Å²) in [6.07, 6.45) is 0. The first-order valence-corrected chi connectivity index (χ1v) is 7.92. The fourth-order valence-corrected chi connectivity index (χ4v) is 2.29. The normalized spacial score (nSPS) is 11.7. The summed E-state index contributed by atoms with van der Waals surface area (Å²) >= 11 is 0. The number of rotatable bonds is 6. The molecule has 0 aliphatic heterocycles. The van der Waals surface area contributed by atoms with E-state index in [2.05, 4.69) is 10.5 Å². The van der Waals surface area contributed by atoms with Gasteiger partial charge in [0.15, 0.2) is 5.76 Å². The molecule has 124 valence electrons. The van der Waals surface area contributed by atoms with Crippen LogP contribution in [0.1, 0.15) is 33.4 Å². The van der Waals surface area contributed by atoms with Crippen molar-refractivity contribution in [3.63, 3.8) is 0 Å². The summed E-state index contributed by atoms with van der Waals surface area (Å²) in [4.78, 5) is 14.1. The average Bonchev–Trinajstić information content (AvgIpc) is 2.94. The standard InChI is InChI=1S/C18H25N3O2/c1-5-21(13-17(22)19-18(2,3)4)12-15-11-16(23-20-15)14-9-7-6-8-10-14/h6-11H,5,12-13H2,1-4H3,(H,19,22). The van der Waals surface area contributed by atoms with Crippen LogP contribution in [0.15, 0.2) is 40.9 Å². The van der Waals surface area contributed by atoms with Gasteiger partial charge in [-0.1, -0.05) is 42.4 Å². The SMILES string of the molecule is CCN(CC(=O)NC(C)(C)C)Cc1cc(-c2ccccc2)on1. The van der Waals surface area contributed by atoms with Crippen LogP contribution in [-0.2, 0) is 11.3 Å². The van der Waals surface area contributed by atoms with Crippen LogP contribution in [0.3, 0.4) is 0 Å². The Morgan fingerprint density at radius 1 is 1.26 bits per heavy atom. The highest BCUT2D eigenvalue weighted by molar-refractivity contribution is 5.78. The monoisotopic (exact) mass is 315 g/mol. The minimum Gasteiger partial charge on any atom is -0.356 e. The minimum atomic E-state index is -0.217. The summed E-state index contributed by atoms with van der Waals surface area (Å²) in [7, 11) is 0. The smallest absolute Gasteiger partial charge is 0.234 e. The molecule has 0 atom stereocenters. The van der Waals surface area contributed by atoms with Crippen molar-refractivity contribution in [2.24, 2.45) is 0 Å². The molecule has 23 heavy (non-hydrogen) atoms. The maximum Gasteiger partial charge on any atom is 0.234 e. The van der Waals surface area contributed by atoms with E-state index in [1.165, 1.54) is 0 Å². The van der Waals surface area contributed by atoms with Gasteiger partial charge in [0.05, 0.1) is 12.2 Å². The van der Waals surface area contributed by atoms with Gasteiger partial charge in [0.1, 0.15) is 0 Å². The van der Waals surface area contributed by atoms with E-state index in [0.29, 0.717) is 13.1 Å². The maximum atomic E-state index is 12.0. The van der Waals surface area contributed by atoms with Gasteiger partial charge in [-0.05, 0) is 27.3 Å². The summed E-state index contributed by atoms with van der Waals surface area (Å²) in [6.45, 7) is 9.67. The number of hydrogen-bond acceptors (Lipinski definition) is 4. The Bertz CT molecular complexity index is 629.